The van der Waals surface area contributed by atoms with E-state index in [-0.39, 0.29) is 11.1 Å². The van der Waals surface area contributed by atoms with Gasteiger partial charge in [0.2, 0.25) is 0 Å². The maximum atomic E-state index is 12.9. The van der Waals surface area contributed by atoms with Gasteiger partial charge in [0.05, 0.1) is 21.6 Å². The Hall–Kier alpha value is -2.31. The van der Waals surface area contributed by atoms with E-state index >= 15 is 0 Å². The Morgan fingerprint density at radius 3 is 2.58 bits per heavy atom. The molecule has 0 aliphatic carbocycles. The maximum absolute atomic E-state index is 12.9. The maximum Gasteiger partial charge on any atom is 0.280 e. The topological polar surface area (TPSA) is 63.0 Å². The SMILES string of the molecule is Cc1c2c(=O)n(-c3ccccc3Cl)[nH]c2cc(=O)n1CCN(C)C. The first-order valence-electron chi connectivity index (χ1n) is 7.65. The van der Waals surface area contributed by atoms with Gasteiger partial charge in [0.15, 0.2) is 0 Å². The molecule has 0 unspecified atom stereocenters. The Morgan fingerprint density at radius 2 is 1.92 bits per heavy atom. The first kappa shape index (κ1) is 16.5. The van der Waals surface area contributed by atoms with Crippen LogP contribution in [0.2, 0.25) is 5.02 Å². The lowest BCUT2D eigenvalue weighted by Crippen LogP contribution is -2.28. The molecule has 0 fully saturated rings. The van der Waals surface area contributed by atoms with Crippen LogP contribution in [-0.2, 0) is 6.54 Å². The summed E-state index contributed by atoms with van der Waals surface area (Å²) in [5.41, 5.74) is 1.39. The van der Waals surface area contributed by atoms with Gasteiger partial charge in [0.1, 0.15) is 0 Å². The summed E-state index contributed by atoms with van der Waals surface area (Å²) >= 11 is 6.19. The van der Waals surface area contributed by atoms with Gasteiger partial charge in [-0.2, -0.15) is 0 Å². The molecule has 1 N–H and O–H groups in total. The van der Waals surface area contributed by atoms with Crippen LogP contribution in [0.1, 0.15) is 5.69 Å². The van der Waals surface area contributed by atoms with Crippen LogP contribution in [0.5, 0.6) is 0 Å². The third-order valence-electron chi connectivity index (χ3n) is 4.08. The average Bonchev–Trinajstić information content (AvgIpc) is 2.84. The van der Waals surface area contributed by atoms with E-state index in [9.17, 15) is 9.59 Å². The predicted molar refractivity (Wildman–Crippen MR) is 96.5 cm³/mol. The molecular formula is C17H19ClN4O2. The Kier molecular flexibility index (Phi) is 4.34. The van der Waals surface area contributed by atoms with Gasteiger partial charge in [-0.1, -0.05) is 23.7 Å². The van der Waals surface area contributed by atoms with Crippen LogP contribution in [0.15, 0.2) is 39.9 Å². The number of benzene rings is 1. The van der Waals surface area contributed by atoms with Crippen molar-refractivity contribution in [3.63, 3.8) is 0 Å². The summed E-state index contributed by atoms with van der Waals surface area (Å²) in [4.78, 5) is 27.2. The van der Waals surface area contributed by atoms with Gasteiger partial charge in [-0.3, -0.25) is 14.7 Å². The van der Waals surface area contributed by atoms with E-state index < -0.39 is 0 Å². The number of likely N-dealkylation sites (N-methyl/N-ethyl adjacent to an activating group) is 1. The second kappa shape index (κ2) is 6.30. The van der Waals surface area contributed by atoms with Gasteiger partial charge < -0.3 is 9.47 Å². The molecule has 0 bridgehead atoms. The van der Waals surface area contributed by atoms with Gasteiger partial charge in [0, 0.05) is 24.8 Å². The molecule has 126 valence electrons. The molecule has 3 aromatic rings. The quantitative estimate of drug-likeness (QED) is 0.786. The van der Waals surface area contributed by atoms with Gasteiger partial charge in [-0.15, -0.1) is 0 Å². The lowest BCUT2D eigenvalue weighted by molar-refractivity contribution is 0.379. The summed E-state index contributed by atoms with van der Waals surface area (Å²) in [5, 5.41) is 3.96. The molecule has 6 nitrogen and oxygen atoms in total. The van der Waals surface area contributed by atoms with Crippen LogP contribution in [0, 0.1) is 6.92 Å². The number of hydrogen-bond donors (Lipinski definition) is 1. The Labute approximate surface area is 143 Å². The molecule has 7 heteroatoms. The standard InChI is InChI=1S/C17H19ClN4O2/c1-11-16-13(10-15(23)21(11)9-8-20(2)3)19-22(17(16)24)14-7-5-4-6-12(14)18/h4-7,10,19H,8-9H2,1-3H3. The normalized spacial score (nSPS) is 11.5. The van der Waals surface area contributed by atoms with E-state index in [1.54, 1.807) is 29.7 Å². The summed E-state index contributed by atoms with van der Waals surface area (Å²) in [6.45, 7) is 3.05. The molecule has 24 heavy (non-hydrogen) atoms. The van der Waals surface area contributed by atoms with Crippen LogP contribution < -0.4 is 11.1 Å². The van der Waals surface area contributed by atoms with Gasteiger partial charge >= 0.3 is 0 Å². The summed E-state index contributed by atoms with van der Waals surface area (Å²) in [5.74, 6) is 0. The Bertz CT molecular complexity index is 1010. The van der Waals surface area contributed by atoms with E-state index in [1.165, 1.54) is 10.7 Å². The number of aromatic amines is 1. The number of hydrogen-bond acceptors (Lipinski definition) is 3. The summed E-state index contributed by atoms with van der Waals surface area (Å²) in [6.07, 6.45) is 0. The lowest BCUT2D eigenvalue weighted by Gasteiger charge is -2.13. The van der Waals surface area contributed by atoms with Crippen molar-refractivity contribution in [3.8, 4) is 5.69 Å². The third-order valence-corrected chi connectivity index (χ3v) is 4.40. The number of fused-ring (bicyclic) bond motifs is 1. The number of pyridine rings is 1. The molecule has 0 radical (unpaired) electrons. The smallest absolute Gasteiger partial charge is 0.280 e. The summed E-state index contributed by atoms with van der Waals surface area (Å²) in [6, 6.07) is 8.55. The highest BCUT2D eigenvalue weighted by molar-refractivity contribution is 6.32. The first-order valence-corrected chi connectivity index (χ1v) is 8.02. The molecule has 0 saturated carbocycles. The van der Waals surface area contributed by atoms with Crippen molar-refractivity contribution in [2.24, 2.45) is 0 Å². The number of H-pyrrole nitrogens is 1. The molecular weight excluding hydrogens is 328 g/mol. The minimum absolute atomic E-state index is 0.130. The molecule has 0 atom stereocenters. The summed E-state index contributed by atoms with van der Waals surface area (Å²) in [7, 11) is 3.89. The minimum atomic E-state index is -0.214. The number of aryl methyl sites for hydroxylation is 1. The molecule has 0 aliphatic heterocycles. The average molecular weight is 347 g/mol. The molecule has 2 heterocycles. The Morgan fingerprint density at radius 1 is 1.21 bits per heavy atom. The number of nitrogens with one attached hydrogen (secondary N) is 1. The van der Waals surface area contributed by atoms with Crippen LogP contribution >= 0.6 is 11.6 Å². The zero-order valence-corrected chi connectivity index (χ0v) is 14.6. The van der Waals surface area contributed by atoms with Crippen molar-refractivity contribution in [3.05, 3.63) is 61.8 Å². The molecule has 2 aromatic heterocycles. The molecule has 0 saturated heterocycles. The molecule has 1 aromatic carbocycles. The van der Waals surface area contributed by atoms with Crippen molar-refractivity contribution in [2.75, 3.05) is 20.6 Å². The van der Waals surface area contributed by atoms with Crippen molar-refractivity contribution >= 4 is 22.5 Å². The van der Waals surface area contributed by atoms with Crippen LogP contribution in [0.25, 0.3) is 16.6 Å². The van der Waals surface area contributed by atoms with Crippen LogP contribution in [0.4, 0.5) is 0 Å². The van der Waals surface area contributed by atoms with E-state index in [0.717, 1.165) is 6.54 Å². The van der Waals surface area contributed by atoms with Gasteiger partial charge in [-0.05, 0) is 33.2 Å². The second-order valence-electron chi connectivity index (χ2n) is 6.02. The van der Waals surface area contributed by atoms with E-state index in [0.29, 0.717) is 33.9 Å². The van der Waals surface area contributed by atoms with Crippen molar-refractivity contribution < 1.29 is 0 Å². The number of aromatic nitrogens is 3. The Balaban J connectivity index is 2.23. The minimum Gasteiger partial charge on any atom is -0.311 e. The highest BCUT2D eigenvalue weighted by Crippen LogP contribution is 2.19. The molecule has 0 spiro atoms. The van der Waals surface area contributed by atoms with E-state index in [4.69, 9.17) is 11.6 Å². The zero-order valence-electron chi connectivity index (χ0n) is 13.8. The van der Waals surface area contributed by atoms with E-state index in [2.05, 4.69) is 5.10 Å². The number of halogens is 1. The summed E-state index contributed by atoms with van der Waals surface area (Å²) < 4.78 is 3.02. The second-order valence-corrected chi connectivity index (χ2v) is 6.42. The monoisotopic (exact) mass is 346 g/mol. The lowest BCUT2D eigenvalue weighted by atomic mass is 10.2. The van der Waals surface area contributed by atoms with Gasteiger partial charge in [-0.25, -0.2) is 4.68 Å². The zero-order chi connectivity index (χ0) is 17.4. The molecule has 0 amide bonds. The first-order chi connectivity index (χ1) is 11.4. The van der Waals surface area contributed by atoms with Crippen LogP contribution in [0.3, 0.4) is 0 Å². The number of nitrogens with zero attached hydrogens (tertiary/aromatic N) is 3. The van der Waals surface area contributed by atoms with Gasteiger partial charge in [0.25, 0.3) is 11.1 Å². The number of para-hydroxylation sites is 1. The fourth-order valence-electron chi connectivity index (χ4n) is 2.79. The molecule has 3 rings (SSSR count). The highest BCUT2D eigenvalue weighted by Gasteiger charge is 2.16. The van der Waals surface area contributed by atoms with Crippen molar-refractivity contribution in [1.82, 2.24) is 19.2 Å². The fourth-order valence-corrected chi connectivity index (χ4v) is 3.01. The van der Waals surface area contributed by atoms with Crippen LogP contribution in [-0.4, -0.2) is 39.9 Å². The largest absolute Gasteiger partial charge is 0.311 e. The predicted octanol–water partition coefficient (Wildman–Crippen LogP) is 2.00. The highest BCUT2D eigenvalue weighted by atomic mass is 35.5. The van der Waals surface area contributed by atoms with Crippen molar-refractivity contribution in [2.45, 2.75) is 13.5 Å². The number of rotatable bonds is 4. The van der Waals surface area contributed by atoms with Crippen molar-refractivity contribution in [1.29, 1.82) is 0 Å². The third kappa shape index (κ3) is 2.79. The molecule has 0 aliphatic rings. The van der Waals surface area contributed by atoms with E-state index in [1.807, 2.05) is 25.1 Å². The fraction of sp³-hybridized carbons (Fsp3) is 0.294.